The molecule has 1 heterocycles. The van der Waals surface area contributed by atoms with Crippen molar-refractivity contribution in [2.75, 3.05) is 6.54 Å². The highest BCUT2D eigenvalue weighted by atomic mass is 15.3. The van der Waals surface area contributed by atoms with Crippen molar-refractivity contribution in [3.8, 4) is 0 Å². The van der Waals surface area contributed by atoms with E-state index in [2.05, 4.69) is 31.0 Å². The fourth-order valence-corrected chi connectivity index (χ4v) is 1.36. The first-order valence-electron chi connectivity index (χ1n) is 4.55. The van der Waals surface area contributed by atoms with Crippen molar-refractivity contribution in [3.05, 3.63) is 11.6 Å². The fraction of sp³-hybridized carbons (Fsp3) is 0.778. The molecule has 4 nitrogen and oxygen atoms in total. The molecule has 0 aliphatic rings. The van der Waals surface area contributed by atoms with E-state index in [4.69, 9.17) is 5.73 Å². The van der Waals surface area contributed by atoms with Crippen LogP contribution in [0.3, 0.4) is 0 Å². The fourth-order valence-electron chi connectivity index (χ4n) is 1.36. The van der Waals surface area contributed by atoms with E-state index in [1.165, 1.54) is 0 Å². The minimum Gasteiger partial charge on any atom is -0.330 e. The summed E-state index contributed by atoms with van der Waals surface area (Å²) in [5.41, 5.74) is 5.52. The van der Waals surface area contributed by atoms with Gasteiger partial charge in [-0.25, -0.2) is 0 Å². The van der Waals surface area contributed by atoms with E-state index in [9.17, 15) is 0 Å². The monoisotopic (exact) mass is 182 g/mol. The van der Waals surface area contributed by atoms with Crippen LogP contribution >= 0.6 is 0 Å². The van der Waals surface area contributed by atoms with Gasteiger partial charge in [-0.2, -0.15) is 0 Å². The molecule has 4 heteroatoms. The van der Waals surface area contributed by atoms with Crippen molar-refractivity contribution in [2.24, 2.45) is 12.8 Å². The van der Waals surface area contributed by atoms with E-state index >= 15 is 0 Å². The lowest BCUT2D eigenvalue weighted by Crippen LogP contribution is -2.18. The van der Waals surface area contributed by atoms with E-state index in [1.54, 1.807) is 0 Å². The Balaban J connectivity index is 2.99. The molecular weight excluding hydrogens is 164 g/mol. The number of nitrogens with zero attached hydrogens (tertiary/aromatic N) is 3. The second-order valence-electron chi connectivity index (χ2n) is 4.29. The normalized spacial score (nSPS) is 12.1. The molecule has 0 radical (unpaired) electrons. The summed E-state index contributed by atoms with van der Waals surface area (Å²) in [4.78, 5) is 0. The molecule has 0 spiro atoms. The SMILES string of the molecule is Cn1c(CCN)nnc1C(C)(C)C. The first kappa shape index (κ1) is 10.2. The maximum atomic E-state index is 5.47. The van der Waals surface area contributed by atoms with Gasteiger partial charge in [-0.1, -0.05) is 20.8 Å². The average molecular weight is 182 g/mol. The molecule has 0 saturated carbocycles. The minimum absolute atomic E-state index is 0.0502. The van der Waals surface area contributed by atoms with Gasteiger partial charge in [0.25, 0.3) is 0 Å². The van der Waals surface area contributed by atoms with Gasteiger partial charge in [-0.15, -0.1) is 10.2 Å². The summed E-state index contributed by atoms with van der Waals surface area (Å²) in [5, 5.41) is 8.27. The van der Waals surface area contributed by atoms with Crippen LogP contribution in [-0.2, 0) is 18.9 Å². The van der Waals surface area contributed by atoms with Gasteiger partial charge in [0.05, 0.1) is 0 Å². The van der Waals surface area contributed by atoms with E-state index in [1.807, 2.05) is 11.6 Å². The van der Waals surface area contributed by atoms with E-state index < -0.39 is 0 Å². The van der Waals surface area contributed by atoms with Crippen LogP contribution in [0.2, 0.25) is 0 Å². The van der Waals surface area contributed by atoms with Crippen molar-refractivity contribution in [2.45, 2.75) is 32.6 Å². The maximum Gasteiger partial charge on any atom is 0.138 e. The van der Waals surface area contributed by atoms with Crippen LogP contribution in [0.5, 0.6) is 0 Å². The first-order valence-corrected chi connectivity index (χ1v) is 4.55. The van der Waals surface area contributed by atoms with Crippen molar-refractivity contribution >= 4 is 0 Å². The highest BCUT2D eigenvalue weighted by Crippen LogP contribution is 2.19. The number of rotatable bonds is 2. The number of aromatic nitrogens is 3. The molecule has 0 aliphatic carbocycles. The summed E-state index contributed by atoms with van der Waals surface area (Å²) < 4.78 is 2.03. The van der Waals surface area contributed by atoms with Gasteiger partial charge >= 0.3 is 0 Å². The van der Waals surface area contributed by atoms with E-state index in [0.29, 0.717) is 6.54 Å². The molecule has 1 aromatic rings. The summed E-state index contributed by atoms with van der Waals surface area (Å²) >= 11 is 0. The molecule has 0 aromatic carbocycles. The Labute approximate surface area is 79.2 Å². The van der Waals surface area contributed by atoms with Gasteiger partial charge in [0.15, 0.2) is 0 Å². The van der Waals surface area contributed by atoms with Crippen LogP contribution < -0.4 is 5.73 Å². The Morgan fingerprint density at radius 1 is 1.31 bits per heavy atom. The summed E-state index contributed by atoms with van der Waals surface area (Å²) in [7, 11) is 1.99. The molecule has 74 valence electrons. The molecule has 0 bridgehead atoms. The third kappa shape index (κ3) is 2.06. The van der Waals surface area contributed by atoms with E-state index in [-0.39, 0.29) is 5.41 Å². The van der Waals surface area contributed by atoms with Gasteiger partial charge in [0, 0.05) is 18.9 Å². The quantitative estimate of drug-likeness (QED) is 0.729. The molecule has 1 rings (SSSR count). The highest BCUT2D eigenvalue weighted by molar-refractivity contribution is 5.05. The van der Waals surface area contributed by atoms with Crippen LogP contribution in [0.25, 0.3) is 0 Å². The van der Waals surface area contributed by atoms with Crippen LogP contribution in [-0.4, -0.2) is 21.3 Å². The van der Waals surface area contributed by atoms with Crippen molar-refractivity contribution < 1.29 is 0 Å². The van der Waals surface area contributed by atoms with Crippen LogP contribution in [0, 0.1) is 0 Å². The molecule has 0 aliphatic heterocycles. The van der Waals surface area contributed by atoms with Crippen molar-refractivity contribution in [1.29, 1.82) is 0 Å². The van der Waals surface area contributed by atoms with Crippen LogP contribution in [0.1, 0.15) is 32.4 Å². The molecule has 0 amide bonds. The molecule has 0 saturated heterocycles. The maximum absolute atomic E-state index is 5.47. The second-order valence-corrected chi connectivity index (χ2v) is 4.29. The second kappa shape index (κ2) is 3.46. The molecule has 0 fully saturated rings. The Hall–Kier alpha value is -0.900. The van der Waals surface area contributed by atoms with Crippen LogP contribution in [0.4, 0.5) is 0 Å². The lowest BCUT2D eigenvalue weighted by atomic mass is 9.96. The Bertz CT molecular complexity index is 282. The van der Waals surface area contributed by atoms with Gasteiger partial charge in [-0.05, 0) is 6.54 Å². The van der Waals surface area contributed by atoms with Crippen molar-refractivity contribution in [3.63, 3.8) is 0 Å². The van der Waals surface area contributed by atoms with Crippen molar-refractivity contribution in [1.82, 2.24) is 14.8 Å². The number of nitrogens with two attached hydrogens (primary N) is 1. The predicted molar refractivity (Wildman–Crippen MR) is 52.5 cm³/mol. The van der Waals surface area contributed by atoms with Crippen LogP contribution in [0.15, 0.2) is 0 Å². The molecule has 0 atom stereocenters. The molecular formula is C9H18N4. The summed E-state index contributed by atoms with van der Waals surface area (Å²) in [6.45, 7) is 7.01. The first-order chi connectivity index (χ1) is 5.96. The molecule has 2 N–H and O–H groups in total. The van der Waals surface area contributed by atoms with Gasteiger partial charge < -0.3 is 10.3 Å². The minimum atomic E-state index is 0.0502. The zero-order valence-electron chi connectivity index (χ0n) is 8.83. The third-order valence-electron chi connectivity index (χ3n) is 2.00. The zero-order chi connectivity index (χ0) is 10.1. The predicted octanol–water partition coefficient (Wildman–Crippen LogP) is 0.614. The summed E-state index contributed by atoms with van der Waals surface area (Å²) in [6.07, 6.45) is 0.791. The molecule has 13 heavy (non-hydrogen) atoms. The lowest BCUT2D eigenvalue weighted by molar-refractivity contribution is 0.517. The zero-order valence-corrected chi connectivity index (χ0v) is 8.83. The number of hydrogen-bond donors (Lipinski definition) is 1. The molecule has 1 aromatic heterocycles. The van der Waals surface area contributed by atoms with E-state index in [0.717, 1.165) is 18.1 Å². The Morgan fingerprint density at radius 3 is 2.31 bits per heavy atom. The summed E-state index contributed by atoms with van der Waals surface area (Å²) in [5.74, 6) is 1.98. The third-order valence-corrected chi connectivity index (χ3v) is 2.00. The largest absolute Gasteiger partial charge is 0.330 e. The topological polar surface area (TPSA) is 56.7 Å². The standard InChI is InChI=1S/C9H18N4/c1-9(2,3)8-12-11-7(5-6-10)13(8)4/h5-6,10H2,1-4H3. The number of hydrogen-bond acceptors (Lipinski definition) is 3. The smallest absolute Gasteiger partial charge is 0.138 e. The van der Waals surface area contributed by atoms with Gasteiger partial charge in [-0.3, -0.25) is 0 Å². The highest BCUT2D eigenvalue weighted by Gasteiger charge is 2.21. The van der Waals surface area contributed by atoms with Gasteiger partial charge in [0.1, 0.15) is 11.6 Å². The lowest BCUT2D eigenvalue weighted by Gasteiger charge is -2.16. The summed E-state index contributed by atoms with van der Waals surface area (Å²) in [6, 6.07) is 0. The Kier molecular flexibility index (Phi) is 2.71. The molecule has 0 unspecified atom stereocenters. The Morgan fingerprint density at radius 2 is 1.92 bits per heavy atom. The average Bonchev–Trinajstić information content (AvgIpc) is 2.32. The van der Waals surface area contributed by atoms with Gasteiger partial charge in [0.2, 0.25) is 0 Å².